The lowest BCUT2D eigenvalue weighted by Crippen LogP contribution is -2.50. The average molecular weight is 183 g/mol. The van der Waals surface area contributed by atoms with Crippen LogP contribution in [0.3, 0.4) is 0 Å². The Kier molecular flexibility index (Phi) is 2.37. The van der Waals surface area contributed by atoms with Gasteiger partial charge in [-0.25, -0.2) is 0 Å². The van der Waals surface area contributed by atoms with E-state index in [0.717, 1.165) is 25.3 Å². The molecule has 1 aliphatic carbocycles. The van der Waals surface area contributed by atoms with Gasteiger partial charge in [-0.2, -0.15) is 0 Å². The van der Waals surface area contributed by atoms with Crippen LogP contribution in [0.15, 0.2) is 0 Å². The van der Waals surface area contributed by atoms with E-state index in [1.54, 1.807) is 0 Å². The van der Waals surface area contributed by atoms with Crippen molar-refractivity contribution in [2.24, 2.45) is 5.92 Å². The Morgan fingerprint density at radius 2 is 2.15 bits per heavy atom. The summed E-state index contributed by atoms with van der Waals surface area (Å²) in [6.45, 7) is 6.36. The fourth-order valence-electron chi connectivity index (χ4n) is 2.48. The quantitative estimate of drug-likeness (QED) is 0.703. The van der Waals surface area contributed by atoms with E-state index < -0.39 is 5.60 Å². The van der Waals surface area contributed by atoms with E-state index in [4.69, 9.17) is 0 Å². The molecule has 0 bridgehead atoms. The molecule has 2 fully saturated rings. The molecule has 0 aromatic carbocycles. The first kappa shape index (κ1) is 9.47. The molecule has 76 valence electrons. The molecule has 2 nitrogen and oxygen atoms in total. The Labute approximate surface area is 80.9 Å². The summed E-state index contributed by atoms with van der Waals surface area (Å²) in [7, 11) is 0. The van der Waals surface area contributed by atoms with Crippen molar-refractivity contribution in [2.75, 3.05) is 13.1 Å². The molecule has 2 aliphatic rings. The van der Waals surface area contributed by atoms with Gasteiger partial charge in [0.25, 0.3) is 0 Å². The van der Waals surface area contributed by atoms with Crippen LogP contribution in [-0.2, 0) is 0 Å². The zero-order valence-corrected chi connectivity index (χ0v) is 8.79. The van der Waals surface area contributed by atoms with Crippen molar-refractivity contribution in [2.45, 2.75) is 51.2 Å². The van der Waals surface area contributed by atoms with Crippen LogP contribution >= 0.6 is 0 Å². The van der Waals surface area contributed by atoms with Gasteiger partial charge in [-0.3, -0.25) is 4.90 Å². The first-order valence-electron chi connectivity index (χ1n) is 5.55. The van der Waals surface area contributed by atoms with Gasteiger partial charge < -0.3 is 5.11 Å². The van der Waals surface area contributed by atoms with Gasteiger partial charge >= 0.3 is 0 Å². The Morgan fingerprint density at radius 1 is 1.46 bits per heavy atom. The first-order chi connectivity index (χ1) is 6.08. The van der Waals surface area contributed by atoms with Crippen LogP contribution < -0.4 is 0 Å². The van der Waals surface area contributed by atoms with Crippen molar-refractivity contribution < 1.29 is 5.11 Å². The molecule has 1 aliphatic heterocycles. The molecule has 2 rings (SSSR count). The van der Waals surface area contributed by atoms with Gasteiger partial charge in [-0.15, -0.1) is 0 Å². The summed E-state index contributed by atoms with van der Waals surface area (Å²) >= 11 is 0. The van der Waals surface area contributed by atoms with Gasteiger partial charge in [-0.05, 0) is 52.0 Å². The molecular weight excluding hydrogens is 162 g/mol. The Hall–Kier alpha value is -0.0800. The minimum Gasteiger partial charge on any atom is -0.389 e. The molecule has 0 spiro atoms. The van der Waals surface area contributed by atoms with Gasteiger partial charge in [0.15, 0.2) is 0 Å². The van der Waals surface area contributed by atoms with Gasteiger partial charge in [0.1, 0.15) is 0 Å². The maximum absolute atomic E-state index is 9.95. The van der Waals surface area contributed by atoms with Crippen LogP contribution in [0.5, 0.6) is 0 Å². The summed E-state index contributed by atoms with van der Waals surface area (Å²) in [5, 5.41) is 9.95. The van der Waals surface area contributed by atoms with Crippen molar-refractivity contribution in [1.29, 1.82) is 0 Å². The van der Waals surface area contributed by atoms with Gasteiger partial charge in [0.2, 0.25) is 0 Å². The summed E-state index contributed by atoms with van der Waals surface area (Å²) in [6, 6.07) is 0.701. The maximum Gasteiger partial charge on any atom is 0.0746 e. The van der Waals surface area contributed by atoms with E-state index in [2.05, 4.69) is 11.8 Å². The van der Waals surface area contributed by atoms with Crippen molar-refractivity contribution in [3.8, 4) is 0 Å². The standard InChI is InChI=1S/C11H21NO/c1-9(10-4-5-10)12-7-3-6-11(2,13)8-12/h9-10,13H,3-8H2,1-2H3. The summed E-state index contributed by atoms with van der Waals surface area (Å²) in [6.07, 6.45) is 4.94. The molecule has 1 heterocycles. The summed E-state index contributed by atoms with van der Waals surface area (Å²) < 4.78 is 0. The highest BCUT2D eigenvalue weighted by Gasteiger charge is 2.36. The number of β-amino-alcohol motifs (C(OH)–C–C–N with tert-alkyl or cyclic N) is 1. The number of aliphatic hydroxyl groups is 1. The average Bonchev–Trinajstić information content (AvgIpc) is 2.83. The van der Waals surface area contributed by atoms with Crippen molar-refractivity contribution >= 4 is 0 Å². The number of hydrogen-bond acceptors (Lipinski definition) is 2. The van der Waals surface area contributed by atoms with Crippen molar-refractivity contribution in [3.63, 3.8) is 0 Å². The number of likely N-dealkylation sites (tertiary alicyclic amines) is 1. The van der Waals surface area contributed by atoms with Crippen LogP contribution in [-0.4, -0.2) is 34.7 Å². The molecule has 2 atom stereocenters. The maximum atomic E-state index is 9.95. The van der Waals surface area contributed by atoms with Crippen molar-refractivity contribution in [1.82, 2.24) is 4.90 Å². The van der Waals surface area contributed by atoms with Crippen LogP contribution in [0.2, 0.25) is 0 Å². The molecule has 0 radical (unpaired) electrons. The number of rotatable bonds is 2. The number of piperidine rings is 1. The predicted molar refractivity (Wildman–Crippen MR) is 53.6 cm³/mol. The lowest BCUT2D eigenvalue weighted by atomic mass is 9.93. The molecule has 1 N–H and O–H groups in total. The number of nitrogens with zero attached hydrogens (tertiary/aromatic N) is 1. The molecule has 0 aromatic heterocycles. The third-order valence-electron chi connectivity index (χ3n) is 3.58. The van der Waals surface area contributed by atoms with Crippen LogP contribution in [0.4, 0.5) is 0 Å². The fraction of sp³-hybridized carbons (Fsp3) is 1.00. The molecular formula is C11H21NO. The molecule has 0 aromatic rings. The minimum atomic E-state index is -0.429. The lowest BCUT2D eigenvalue weighted by molar-refractivity contribution is -0.0304. The smallest absolute Gasteiger partial charge is 0.0746 e. The van der Waals surface area contributed by atoms with E-state index in [9.17, 15) is 5.11 Å². The zero-order valence-electron chi connectivity index (χ0n) is 8.79. The monoisotopic (exact) mass is 183 g/mol. The second kappa shape index (κ2) is 3.25. The topological polar surface area (TPSA) is 23.5 Å². The third-order valence-corrected chi connectivity index (χ3v) is 3.58. The molecule has 2 heteroatoms. The zero-order chi connectivity index (χ0) is 9.47. The highest BCUT2D eigenvalue weighted by atomic mass is 16.3. The highest BCUT2D eigenvalue weighted by Crippen LogP contribution is 2.36. The molecule has 1 saturated carbocycles. The first-order valence-corrected chi connectivity index (χ1v) is 5.55. The van der Waals surface area contributed by atoms with Crippen molar-refractivity contribution in [3.05, 3.63) is 0 Å². The van der Waals surface area contributed by atoms with E-state index in [1.165, 1.54) is 19.4 Å². The van der Waals surface area contributed by atoms with Gasteiger partial charge in [0, 0.05) is 12.6 Å². The second-order valence-corrected chi connectivity index (χ2v) is 5.15. The van der Waals surface area contributed by atoms with E-state index in [0.29, 0.717) is 6.04 Å². The Balaban J connectivity index is 1.91. The Bertz CT molecular complexity index is 187. The molecule has 0 amide bonds. The highest BCUT2D eigenvalue weighted by molar-refractivity contribution is 4.91. The van der Waals surface area contributed by atoms with Crippen LogP contribution in [0, 0.1) is 5.92 Å². The van der Waals surface area contributed by atoms with Crippen LogP contribution in [0.25, 0.3) is 0 Å². The molecule has 13 heavy (non-hydrogen) atoms. The fourth-order valence-corrected chi connectivity index (χ4v) is 2.48. The molecule has 2 unspecified atom stereocenters. The minimum absolute atomic E-state index is 0.429. The number of hydrogen-bond donors (Lipinski definition) is 1. The van der Waals surface area contributed by atoms with Crippen LogP contribution in [0.1, 0.15) is 39.5 Å². The lowest BCUT2D eigenvalue weighted by Gasteiger charge is -2.40. The summed E-state index contributed by atoms with van der Waals surface area (Å²) in [5.74, 6) is 0.925. The normalized spacial score (nSPS) is 39.0. The second-order valence-electron chi connectivity index (χ2n) is 5.15. The third kappa shape index (κ3) is 2.23. The largest absolute Gasteiger partial charge is 0.389 e. The summed E-state index contributed by atoms with van der Waals surface area (Å²) in [5.41, 5.74) is -0.429. The molecule has 1 saturated heterocycles. The Morgan fingerprint density at radius 3 is 2.69 bits per heavy atom. The predicted octanol–water partition coefficient (Wildman–Crippen LogP) is 1.63. The van der Waals surface area contributed by atoms with E-state index in [1.807, 2.05) is 6.92 Å². The van der Waals surface area contributed by atoms with Gasteiger partial charge in [0.05, 0.1) is 5.60 Å². The van der Waals surface area contributed by atoms with E-state index in [-0.39, 0.29) is 0 Å². The summed E-state index contributed by atoms with van der Waals surface area (Å²) in [4.78, 5) is 2.47. The van der Waals surface area contributed by atoms with Gasteiger partial charge in [-0.1, -0.05) is 0 Å². The van der Waals surface area contributed by atoms with E-state index >= 15 is 0 Å². The SMILES string of the molecule is CC(C1CC1)N1CCCC(C)(O)C1.